The Hall–Kier alpha value is -4.59. The highest BCUT2D eigenvalue weighted by atomic mass is 16.5. The zero-order valence-corrected chi connectivity index (χ0v) is 70.6. The highest BCUT2D eigenvalue weighted by molar-refractivity contribution is 5.84. The lowest BCUT2D eigenvalue weighted by molar-refractivity contribution is -0.127. The Morgan fingerprint density at radius 1 is 0.275 bits per heavy atom. The van der Waals surface area contributed by atoms with Crippen molar-refractivity contribution in [2.45, 2.75) is 333 Å². The zero-order valence-electron chi connectivity index (χ0n) is 70.6. The van der Waals surface area contributed by atoms with Crippen LogP contribution in [0.3, 0.4) is 0 Å². The number of amides is 4. The molecule has 0 aromatic heterocycles. The molecule has 102 heavy (non-hydrogen) atoms. The standard InChI is InChI=1S/C21H39N3O4.C15H31NO3.C15H28O2.C12H23NO2.C11H23NO.C9H18O/c1-15(2)18(25)9-7-11-22-20(27)13-24(17(5)6)14-21(28)23-12-8-10-19(26)16(3)4;1-13(2)5-6-15(17)16-8-10-19-12-11-18-9-7-14(3)4;1-12(2)8-10-14(16)6-5-7-15(17)11-9-13(3)4;1-9(2)5-6-12(15)13-8-7-11(14)10(3)4;1-9(2)6-5-7-11(13)8-12-10(3)4;1-7(2)5-6-9(10)8(3)4/h15-17H,7-14H2,1-6H3,(H,22,27)(H,23,28);13-14H,5-12H2,1-4H3,(H,16,17);12-13H,5-11H2,1-4H3;9-10H,5-8H2,1-4H3,(H,13,15);9-10,12H,5-8H2,1-4H3;7-8H,5-6H2,1-4H3. The molecule has 19 heteroatoms. The normalized spacial score (nSPS) is 11.2. The van der Waals surface area contributed by atoms with Crippen molar-refractivity contribution >= 4 is 64.1 Å². The van der Waals surface area contributed by atoms with Crippen LogP contribution in [-0.4, -0.2) is 153 Å². The molecule has 0 aliphatic heterocycles. The van der Waals surface area contributed by atoms with E-state index in [1.165, 1.54) is 0 Å². The first-order valence-corrected chi connectivity index (χ1v) is 39.8. The molecule has 0 rings (SSSR count). The predicted molar refractivity (Wildman–Crippen MR) is 423 cm³/mol. The van der Waals surface area contributed by atoms with Crippen LogP contribution in [0.2, 0.25) is 0 Å². The summed E-state index contributed by atoms with van der Waals surface area (Å²) in [7, 11) is 0. The molecule has 5 N–H and O–H groups in total. The van der Waals surface area contributed by atoms with Crippen LogP contribution < -0.4 is 26.6 Å². The summed E-state index contributed by atoms with van der Waals surface area (Å²) in [6, 6.07) is 0.454. The van der Waals surface area contributed by atoms with Crippen molar-refractivity contribution < 1.29 is 62.2 Å². The second-order valence-electron chi connectivity index (χ2n) is 32.2. The van der Waals surface area contributed by atoms with E-state index in [9.17, 15) is 52.7 Å². The van der Waals surface area contributed by atoms with Gasteiger partial charge in [-0.1, -0.05) is 173 Å². The van der Waals surface area contributed by atoms with Gasteiger partial charge in [-0.3, -0.25) is 57.6 Å². The molecule has 0 heterocycles. The third-order valence-corrected chi connectivity index (χ3v) is 16.0. The lowest BCUT2D eigenvalue weighted by Gasteiger charge is -2.25. The van der Waals surface area contributed by atoms with Gasteiger partial charge in [-0.2, -0.15) is 0 Å². The number of nitrogens with one attached hydrogen (secondary N) is 5. The van der Waals surface area contributed by atoms with Crippen LogP contribution in [0.4, 0.5) is 0 Å². The molecule has 0 fully saturated rings. The first-order chi connectivity index (χ1) is 47.5. The van der Waals surface area contributed by atoms with Gasteiger partial charge in [0.05, 0.1) is 39.5 Å². The number of carbonyl (C=O) groups excluding carboxylic acids is 11. The number of ether oxygens (including phenoxy) is 2. The smallest absolute Gasteiger partial charge is 0.234 e. The minimum atomic E-state index is -0.152. The molecular weight excluding hydrogens is 1290 g/mol. The summed E-state index contributed by atoms with van der Waals surface area (Å²) in [6.07, 6.45) is 16.7. The molecular formula is C83H162N6O13. The molecule has 0 aliphatic rings. The van der Waals surface area contributed by atoms with Crippen LogP contribution >= 0.6 is 0 Å². The molecule has 4 amide bonds. The maximum Gasteiger partial charge on any atom is 0.234 e. The lowest BCUT2D eigenvalue weighted by atomic mass is 10.00. The van der Waals surface area contributed by atoms with Gasteiger partial charge in [0, 0.05) is 139 Å². The third-order valence-electron chi connectivity index (χ3n) is 16.0. The minimum absolute atomic E-state index is 0.0224. The first-order valence-electron chi connectivity index (χ1n) is 39.8. The van der Waals surface area contributed by atoms with E-state index in [0.717, 1.165) is 77.2 Å². The van der Waals surface area contributed by atoms with Gasteiger partial charge in [0.25, 0.3) is 0 Å². The number of nitrogens with zero attached hydrogens (tertiary/aromatic N) is 1. The van der Waals surface area contributed by atoms with Gasteiger partial charge in [0.1, 0.15) is 40.5 Å². The third kappa shape index (κ3) is 89.6. The Bertz CT molecular complexity index is 2090. The Morgan fingerprint density at radius 2 is 0.598 bits per heavy atom. The van der Waals surface area contributed by atoms with Gasteiger partial charge in [0.2, 0.25) is 23.6 Å². The van der Waals surface area contributed by atoms with Crippen molar-refractivity contribution in [3.8, 4) is 0 Å². The second kappa shape index (κ2) is 72.0. The second-order valence-corrected chi connectivity index (χ2v) is 32.2. The van der Waals surface area contributed by atoms with Crippen LogP contribution in [0.5, 0.6) is 0 Å². The van der Waals surface area contributed by atoms with Crippen molar-refractivity contribution in [2.24, 2.45) is 65.1 Å². The van der Waals surface area contributed by atoms with Crippen LogP contribution in [-0.2, 0) is 62.2 Å². The van der Waals surface area contributed by atoms with Crippen molar-refractivity contribution in [1.29, 1.82) is 0 Å². The summed E-state index contributed by atoms with van der Waals surface area (Å²) in [5.74, 6) is 6.53. The number of ketones is 7. The summed E-state index contributed by atoms with van der Waals surface area (Å²) < 4.78 is 10.8. The van der Waals surface area contributed by atoms with E-state index in [1.54, 1.807) is 4.90 Å². The van der Waals surface area contributed by atoms with Gasteiger partial charge in [0.15, 0.2) is 0 Å². The molecule has 0 aromatic rings. The van der Waals surface area contributed by atoms with E-state index in [2.05, 4.69) is 137 Å². The van der Waals surface area contributed by atoms with Gasteiger partial charge >= 0.3 is 0 Å². The van der Waals surface area contributed by atoms with E-state index in [1.807, 2.05) is 69.2 Å². The van der Waals surface area contributed by atoms with Gasteiger partial charge in [-0.25, -0.2) is 0 Å². The fourth-order valence-corrected chi connectivity index (χ4v) is 8.46. The maximum atomic E-state index is 12.1. The largest absolute Gasteiger partial charge is 0.379 e. The Labute approximate surface area is 625 Å². The molecule has 0 unspecified atom stereocenters. The maximum absolute atomic E-state index is 12.1. The highest BCUT2D eigenvalue weighted by Crippen LogP contribution is 2.13. The number of hydrogen-bond donors (Lipinski definition) is 5. The fraction of sp³-hybridized carbons (Fsp3) is 0.867. The summed E-state index contributed by atoms with van der Waals surface area (Å²) in [6.45, 7) is 58.5. The van der Waals surface area contributed by atoms with Crippen LogP contribution in [0.25, 0.3) is 0 Å². The first kappa shape index (κ1) is 108. The molecule has 0 saturated heterocycles. The number of Topliss-reactive ketones (excluding diaryl/α,β-unsaturated/α-hetero) is 7. The Balaban J connectivity index is -0.000000279. The van der Waals surface area contributed by atoms with Gasteiger partial charge in [-0.15, -0.1) is 0 Å². The topological polar surface area (TPSA) is 270 Å². The predicted octanol–water partition coefficient (Wildman–Crippen LogP) is 15.9. The van der Waals surface area contributed by atoms with Crippen molar-refractivity contribution in [1.82, 2.24) is 31.5 Å². The molecule has 0 saturated carbocycles. The van der Waals surface area contributed by atoms with Crippen molar-refractivity contribution in [2.75, 3.05) is 72.2 Å². The average Bonchev–Trinajstić information content (AvgIpc) is 0.923. The number of carbonyl (C=O) groups is 11. The molecule has 0 aliphatic carbocycles. The van der Waals surface area contributed by atoms with E-state index in [4.69, 9.17) is 9.47 Å². The Morgan fingerprint density at radius 3 is 0.961 bits per heavy atom. The van der Waals surface area contributed by atoms with E-state index in [0.29, 0.717) is 194 Å². The van der Waals surface area contributed by atoms with Crippen molar-refractivity contribution in [3.63, 3.8) is 0 Å². The molecule has 0 atom stereocenters. The van der Waals surface area contributed by atoms with Crippen LogP contribution in [0, 0.1) is 65.1 Å². The zero-order chi connectivity index (χ0) is 79.7. The lowest BCUT2D eigenvalue weighted by Crippen LogP contribution is -2.46. The molecule has 0 spiro atoms. The van der Waals surface area contributed by atoms with Crippen molar-refractivity contribution in [3.05, 3.63) is 0 Å². The summed E-state index contributed by atoms with van der Waals surface area (Å²) >= 11 is 0. The van der Waals surface area contributed by atoms with Gasteiger partial charge in [-0.05, 0) is 119 Å². The van der Waals surface area contributed by atoms with Gasteiger partial charge < -0.3 is 36.1 Å². The van der Waals surface area contributed by atoms with E-state index in [-0.39, 0.29) is 83.8 Å². The minimum Gasteiger partial charge on any atom is -0.379 e. The van der Waals surface area contributed by atoms with Crippen LogP contribution in [0.1, 0.15) is 321 Å². The summed E-state index contributed by atoms with van der Waals surface area (Å²) in [4.78, 5) is 128. The highest BCUT2D eigenvalue weighted by Gasteiger charge is 2.19. The van der Waals surface area contributed by atoms with Crippen LogP contribution in [0.15, 0.2) is 0 Å². The molecule has 0 aromatic carbocycles. The Kier molecular flexibility index (Phi) is 76.5. The summed E-state index contributed by atoms with van der Waals surface area (Å²) in [5.41, 5.74) is 0. The molecule has 602 valence electrons. The average molecular weight is 1450 g/mol. The molecule has 0 bridgehead atoms. The quantitative estimate of drug-likeness (QED) is 0.0354. The molecule has 19 nitrogen and oxygen atoms in total. The summed E-state index contributed by atoms with van der Waals surface area (Å²) in [5, 5.41) is 14.4. The van der Waals surface area contributed by atoms with E-state index >= 15 is 0 Å². The fourth-order valence-electron chi connectivity index (χ4n) is 8.46. The monoisotopic (exact) mass is 1450 g/mol. The molecule has 0 radical (unpaired) electrons. The number of rotatable bonds is 55. The SMILES string of the molecule is CC(C)C(=O)CCCNC(=O)CN(CC(=O)NCCCC(=O)C(C)C)C(C)C.CC(C)CCC(=O)C(C)C.CC(C)CCC(=O)CCCC(=O)CCC(C)C.CC(C)CCC(=O)NCCC(=O)C(C)C.CC(C)CCCC(=O)CNC(C)C.CC(C)CCOCCOCCNC(=O)CCC(C)C. The van der Waals surface area contributed by atoms with E-state index < -0.39 is 0 Å². The number of hydrogen-bond acceptors (Lipinski definition) is 15.